The Morgan fingerprint density at radius 1 is 1.08 bits per heavy atom. The number of sulfonamides is 1. The Morgan fingerprint density at radius 3 is 2.16 bits per heavy atom. The molecule has 0 aromatic heterocycles. The Kier molecular flexibility index (Phi) is 5.16. The summed E-state index contributed by atoms with van der Waals surface area (Å²) in [5.74, 6) is -1.34. The van der Waals surface area contributed by atoms with Gasteiger partial charge in [0.1, 0.15) is 11.6 Å². The molecule has 3 rings (SSSR count). The summed E-state index contributed by atoms with van der Waals surface area (Å²) in [5.41, 5.74) is 0. The predicted molar refractivity (Wildman–Crippen MR) is 89.6 cm³/mol. The lowest BCUT2D eigenvalue weighted by atomic mass is 9.77. The van der Waals surface area contributed by atoms with Crippen LogP contribution < -0.4 is 0 Å². The molecule has 1 aliphatic heterocycles. The largest absolute Gasteiger partial charge is 0.380 e. The number of hydrogen-bond acceptors (Lipinski definition) is 4. The van der Waals surface area contributed by atoms with E-state index in [0.29, 0.717) is 19.2 Å². The lowest BCUT2D eigenvalue weighted by molar-refractivity contribution is -0.0209. The molecular weight excluding hydrogens is 350 g/mol. The van der Waals surface area contributed by atoms with Gasteiger partial charge in [0.15, 0.2) is 0 Å². The second-order valence-electron chi connectivity index (χ2n) is 7.22. The van der Waals surface area contributed by atoms with Crippen molar-refractivity contribution >= 4 is 10.0 Å². The molecule has 1 aliphatic carbocycles. The van der Waals surface area contributed by atoms with Crippen molar-refractivity contribution in [2.75, 3.05) is 34.3 Å². The molecule has 2 aliphatic rings. The zero-order valence-corrected chi connectivity index (χ0v) is 15.5. The average Bonchev–Trinajstić information content (AvgIpc) is 2.96. The molecule has 1 saturated heterocycles. The maximum absolute atomic E-state index is 13.4. The zero-order chi connectivity index (χ0) is 18.4. The summed E-state index contributed by atoms with van der Waals surface area (Å²) < 4.78 is 59.4. The first-order chi connectivity index (χ1) is 11.7. The van der Waals surface area contributed by atoms with Gasteiger partial charge in [0.25, 0.3) is 0 Å². The highest BCUT2D eigenvalue weighted by molar-refractivity contribution is 7.89. The van der Waals surface area contributed by atoms with Crippen LogP contribution in [0.2, 0.25) is 0 Å². The van der Waals surface area contributed by atoms with Gasteiger partial charge < -0.3 is 9.64 Å². The molecule has 1 aromatic carbocycles. The molecule has 0 unspecified atom stereocenters. The number of benzene rings is 1. The van der Waals surface area contributed by atoms with E-state index in [4.69, 9.17) is 4.74 Å². The molecule has 1 saturated carbocycles. The van der Waals surface area contributed by atoms with Crippen molar-refractivity contribution in [1.82, 2.24) is 9.21 Å². The first kappa shape index (κ1) is 18.7. The van der Waals surface area contributed by atoms with E-state index in [1.165, 1.54) is 4.31 Å². The van der Waals surface area contributed by atoms with E-state index in [1.54, 1.807) is 7.11 Å². The molecule has 1 aromatic rings. The fourth-order valence-corrected chi connectivity index (χ4v) is 5.76. The van der Waals surface area contributed by atoms with E-state index >= 15 is 0 Å². The van der Waals surface area contributed by atoms with Crippen molar-refractivity contribution in [3.63, 3.8) is 0 Å². The number of likely N-dealkylation sites (N-methyl/N-ethyl adjacent to an activating group) is 1. The van der Waals surface area contributed by atoms with E-state index in [0.717, 1.165) is 25.0 Å². The summed E-state index contributed by atoms with van der Waals surface area (Å²) in [6, 6.07) is 2.66. The van der Waals surface area contributed by atoms with Gasteiger partial charge in [-0.1, -0.05) is 0 Å². The van der Waals surface area contributed by atoms with Crippen LogP contribution in [0.1, 0.15) is 12.8 Å². The summed E-state index contributed by atoms with van der Waals surface area (Å²) >= 11 is 0. The molecule has 2 fully saturated rings. The van der Waals surface area contributed by atoms with Crippen LogP contribution in [0.15, 0.2) is 23.1 Å². The molecule has 25 heavy (non-hydrogen) atoms. The Balaban J connectivity index is 1.82. The Hall–Kier alpha value is -1.09. The highest BCUT2D eigenvalue weighted by Gasteiger charge is 2.46. The zero-order valence-electron chi connectivity index (χ0n) is 14.7. The molecule has 5 nitrogen and oxygen atoms in total. The van der Waals surface area contributed by atoms with Crippen LogP contribution in [0.4, 0.5) is 8.78 Å². The molecule has 4 atom stereocenters. The molecule has 8 heteroatoms. The summed E-state index contributed by atoms with van der Waals surface area (Å²) in [6.45, 7) is 0.747. The minimum atomic E-state index is -3.90. The van der Waals surface area contributed by atoms with Crippen molar-refractivity contribution in [1.29, 1.82) is 0 Å². The topological polar surface area (TPSA) is 49.9 Å². The Morgan fingerprint density at radius 2 is 1.64 bits per heavy atom. The van der Waals surface area contributed by atoms with Gasteiger partial charge in [-0.05, 0) is 50.9 Å². The number of nitrogens with zero attached hydrogens (tertiary/aromatic N) is 2. The normalized spacial score (nSPS) is 30.6. The van der Waals surface area contributed by atoms with Crippen molar-refractivity contribution in [3.05, 3.63) is 29.8 Å². The molecule has 0 spiro atoms. The van der Waals surface area contributed by atoms with Crippen LogP contribution >= 0.6 is 0 Å². The Labute approximate surface area is 147 Å². The highest BCUT2D eigenvalue weighted by Crippen LogP contribution is 2.40. The van der Waals surface area contributed by atoms with E-state index in [1.807, 2.05) is 14.1 Å². The summed E-state index contributed by atoms with van der Waals surface area (Å²) in [7, 11) is 1.77. The lowest BCUT2D eigenvalue weighted by Crippen LogP contribution is -2.47. The standard InChI is InChI=1S/C17H24F2N2O3S/c1-20(2)16-4-11-9-21(10-12(11)5-17(16)24-3)25(22,23)15-7-13(18)6-14(19)8-15/h6-8,11-12,16-17H,4-5,9-10H2,1-3H3/t11-,12+,16-,17-/m1/s1. The highest BCUT2D eigenvalue weighted by atomic mass is 32.2. The fourth-order valence-electron chi connectivity index (χ4n) is 4.17. The van der Waals surface area contributed by atoms with Gasteiger partial charge in [0, 0.05) is 32.3 Å². The number of methoxy groups -OCH3 is 1. The maximum Gasteiger partial charge on any atom is 0.243 e. The third-order valence-corrected chi connectivity index (χ3v) is 7.30. The van der Waals surface area contributed by atoms with Gasteiger partial charge in [0.05, 0.1) is 11.0 Å². The smallest absolute Gasteiger partial charge is 0.243 e. The number of fused-ring (bicyclic) bond motifs is 1. The van der Waals surface area contributed by atoms with Gasteiger partial charge in [0.2, 0.25) is 10.0 Å². The van der Waals surface area contributed by atoms with Crippen LogP contribution in [0.3, 0.4) is 0 Å². The summed E-state index contributed by atoms with van der Waals surface area (Å²) in [6.07, 6.45) is 1.69. The molecule has 0 radical (unpaired) electrons. The third kappa shape index (κ3) is 3.58. The van der Waals surface area contributed by atoms with Gasteiger partial charge >= 0.3 is 0 Å². The van der Waals surface area contributed by atoms with Crippen LogP contribution in [0, 0.1) is 23.5 Å². The van der Waals surface area contributed by atoms with Gasteiger partial charge in [-0.25, -0.2) is 17.2 Å². The molecule has 140 valence electrons. The lowest BCUT2D eigenvalue weighted by Gasteiger charge is -2.40. The molecule has 0 amide bonds. The SMILES string of the molecule is CO[C@@H]1C[C@H]2CN(S(=O)(=O)c3cc(F)cc(F)c3)C[C@H]2C[C@H]1N(C)C. The first-order valence-corrected chi connectivity index (χ1v) is 9.82. The quantitative estimate of drug-likeness (QED) is 0.808. The van der Waals surface area contributed by atoms with Crippen molar-refractivity contribution in [2.24, 2.45) is 11.8 Å². The molecule has 0 N–H and O–H groups in total. The number of rotatable bonds is 4. The van der Waals surface area contributed by atoms with Crippen molar-refractivity contribution in [3.8, 4) is 0 Å². The number of halogens is 2. The Bertz CT molecular complexity index is 721. The average molecular weight is 374 g/mol. The maximum atomic E-state index is 13.4. The van der Waals surface area contributed by atoms with Crippen LogP contribution in [0.5, 0.6) is 0 Å². The minimum Gasteiger partial charge on any atom is -0.380 e. The molecule has 1 heterocycles. The minimum absolute atomic E-state index is 0.0607. The van der Waals surface area contributed by atoms with Crippen molar-refractivity contribution < 1.29 is 21.9 Å². The fraction of sp³-hybridized carbons (Fsp3) is 0.647. The van der Waals surface area contributed by atoms with Gasteiger partial charge in [-0.15, -0.1) is 0 Å². The van der Waals surface area contributed by atoms with E-state index < -0.39 is 21.7 Å². The van der Waals surface area contributed by atoms with Crippen molar-refractivity contribution in [2.45, 2.75) is 29.9 Å². The van der Waals surface area contributed by atoms with E-state index in [-0.39, 0.29) is 28.9 Å². The number of ether oxygens (including phenoxy) is 1. The van der Waals surface area contributed by atoms with Crippen LogP contribution in [-0.2, 0) is 14.8 Å². The van der Waals surface area contributed by atoms with Gasteiger partial charge in [-0.2, -0.15) is 4.31 Å². The number of hydrogen-bond donors (Lipinski definition) is 0. The first-order valence-electron chi connectivity index (χ1n) is 8.38. The molecular formula is C17H24F2N2O3S. The second-order valence-corrected chi connectivity index (χ2v) is 9.16. The predicted octanol–water partition coefficient (Wildman–Crippen LogP) is 1.94. The van der Waals surface area contributed by atoms with E-state index in [2.05, 4.69) is 4.90 Å². The third-order valence-electron chi connectivity index (χ3n) is 5.49. The summed E-state index contributed by atoms with van der Waals surface area (Å²) in [5, 5.41) is 0. The van der Waals surface area contributed by atoms with E-state index in [9.17, 15) is 17.2 Å². The molecule has 0 bridgehead atoms. The monoisotopic (exact) mass is 374 g/mol. The van der Waals surface area contributed by atoms with Crippen LogP contribution in [0.25, 0.3) is 0 Å². The second kappa shape index (κ2) is 6.90. The van der Waals surface area contributed by atoms with Gasteiger partial charge in [-0.3, -0.25) is 0 Å². The van der Waals surface area contributed by atoms with Crippen LogP contribution in [-0.4, -0.2) is 64.1 Å². The summed E-state index contributed by atoms with van der Waals surface area (Å²) in [4.78, 5) is 1.79.